The fourth-order valence-electron chi connectivity index (χ4n) is 1.44. The molecule has 4 heteroatoms. The maximum atomic E-state index is 11.7. The first-order chi connectivity index (χ1) is 8.52. The van der Waals surface area contributed by atoms with Crippen molar-refractivity contribution in [2.75, 3.05) is 6.61 Å². The highest BCUT2D eigenvalue weighted by molar-refractivity contribution is 9.10. The summed E-state index contributed by atoms with van der Waals surface area (Å²) >= 11 is 3.37. The van der Waals surface area contributed by atoms with E-state index in [-0.39, 0.29) is 24.5 Å². The van der Waals surface area contributed by atoms with Gasteiger partial charge in [0.1, 0.15) is 0 Å². The smallest absolute Gasteiger partial charge is 0.244 e. The lowest BCUT2D eigenvalue weighted by Gasteiger charge is -2.18. The maximum Gasteiger partial charge on any atom is 0.244 e. The standard InChI is InChI=1S/C14H18BrNO2/c1-10(2)13(9-17)16-14(18)7-6-11-4-3-5-12(15)8-11/h3-8,10,13,17H,9H2,1-2H3,(H,16,18)/b7-6+. The second kappa shape index (κ2) is 7.34. The quantitative estimate of drug-likeness (QED) is 0.821. The molecule has 0 bridgehead atoms. The topological polar surface area (TPSA) is 49.3 Å². The van der Waals surface area contributed by atoms with Crippen LogP contribution in [0, 0.1) is 5.92 Å². The lowest BCUT2D eigenvalue weighted by Crippen LogP contribution is -2.40. The van der Waals surface area contributed by atoms with E-state index in [9.17, 15) is 4.79 Å². The van der Waals surface area contributed by atoms with Crippen LogP contribution in [0.15, 0.2) is 34.8 Å². The molecule has 0 aliphatic rings. The summed E-state index contributed by atoms with van der Waals surface area (Å²) in [7, 11) is 0. The molecule has 18 heavy (non-hydrogen) atoms. The number of nitrogens with one attached hydrogen (secondary N) is 1. The van der Waals surface area contributed by atoms with Crippen molar-refractivity contribution in [3.8, 4) is 0 Å². The van der Waals surface area contributed by atoms with Gasteiger partial charge in [-0.3, -0.25) is 4.79 Å². The summed E-state index contributed by atoms with van der Waals surface area (Å²) in [4.78, 5) is 11.7. The van der Waals surface area contributed by atoms with Gasteiger partial charge in [0.25, 0.3) is 0 Å². The molecular weight excluding hydrogens is 294 g/mol. The maximum absolute atomic E-state index is 11.7. The number of carbonyl (C=O) groups is 1. The Bertz CT molecular complexity index is 430. The van der Waals surface area contributed by atoms with Crippen LogP contribution in [0.25, 0.3) is 6.08 Å². The summed E-state index contributed by atoms with van der Waals surface area (Å²) in [5, 5.41) is 11.9. The minimum atomic E-state index is -0.204. The van der Waals surface area contributed by atoms with Crippen molar-refractivity contribution in [2.45, 2.75) is 19.9 Å². The van der Waals surface area contributed by atoms with Crippen LogP contribution >= 0.6 is 15.9 Å². The molecule has 0 fully saturated rings. The van der Waals surface area contributed by atoms with Crippen LogP contribution in [-0.4, -0.2) is 23.7 Å². The van der Waals surface area contributed by atoms with Gasteiger partial charge in [-0.15, -0.1) is 0 Å². The third kappa shape index (κ3) is 5.02. The van der Waals surface area contributed by atoms with Gasteiger partial charge in [0, 0.05) is 10.5 Å². The summed E-state index contributed by atoms with van der Waals surface area (Å²) in [6.07, 6.45) is 3.22. The van der Waals surface area contributed by atoms with Gasteiger partial charge in [0.05, 0.1) is 12.6 Å². The van der Waals surface area contributed by atoms with Gasteiger partial charge in [0.15, 0.2) is 0 Å². The minimum absolute atomic E-state index is 0.0475. The number of benzene rings is 1. The van der Waals surface area contributed by atoms with Crippen molar-refractivity contribution in [3.63, 3.8) is 0 Å². The Kier molecular flexibility index (Phi) is 6.09. The number of amides is 1. The second-order valence-electron chi connectivity index (χ2n) is 4.43. The van der Waals surface area contributed by atoms with E-state index in [2.05, 4.69) is 21.2 Å². The lowest BCUT2D eigenvalue weighted by molar-refractivity contribution is -0.117. The van der Waals surface area contributed by atoms with Crippen molar-refractivity contribution in [1.29, 1.82) is 0 Å². The number of rotatable bonds is 5. The average molecular weight is 312 g/mol. The molecule has 2 N–H and O–H groups in total. The molecular formula is C14H18BrNO2. The molecule has 1 aromatic rings. The number of aliphatic hydroxyl groups is 1. The molecule has 0 aliphatic carbocycles. The summed E-state index contributed by atoms with van der Waals surface area (Å²) in [5.74, 6) is 0.0148. The molecule has 1 atom stereocenters. The Morgan fingerprint density at radius 1 is 1.50 bits per heavy atom. The highest BCUT2D eigenvalue weighted by Gasteiger charge is 2.13. The Morgan fingerprint density at radius 3 is 2.78 bits per heavy atom. The summed E-state index contributed by atoms with van der Waals surface area (Å²) < 4.78 is 0.973. The number of carbonyl (C=O) groups excluding carboxylic acids is 1. The Hall–Kier alpha value is -1.13. The molecule has 1 amide bonds. The molecule has 1 rings (SSSR count). The van der Waals surface area contributed by atoms with Crippen molar-refractivity contribution >= 4 is 27.9 Å². The molecule has 98 valence electrons. The second-order valence-corrected chi connectivity index (χ2v) is 5.35. The summed E-state index contributed by atoms with van der Waals surface area (Å²) in [6, 6.07) is 7.48. The Morgan fingerprint density at radius 2 is 2.22 bits per heavy atom. The van der Waals surface area contributed by atoms with E-state index in [1.807, 2.05) is 38.1 Å². The van der Waals surface area contributed by atoms with Crippen LogP contribution in [-0.2, 0) is 4.79 Å². The van der Waals surface area contributed by atoms with Gasteiger partial charge < -0.3 is 10.4 Å². The minimum Gasteiger partial charge on any atom is -0.394 e. The molecule has 0 saturated carbocycles. The van der Waals surface area contributed by atoms with Crippen molar-refractivity contribution in [1.82, 2.24) is 5.32 Å². The van der Waals surface area contributed by atoms with Gasteiger partial charge in [0.2, 0.25) is 5.91 Å². The zero-order valence-corrected chi connectivity index (χ0v) is 12.1. The SMILES string of the molecule is CC(C)C(CO)NC(=O)/C=C/c1cccc(Br)c1. The van der Waals surface area contributed by atoms with E-state index in [0.29, 0.717) is 0 Å². The first kappa shape index (κ1) is 14.9. The fourth-order valence-corrected chi connectivity index (χ4v) is 1.85. The molecule has 0 aliphatic heterocycles. The highest BCUT2D eigenvalue weighted by atomic mass is 79.9. The van der Waals surface area contributed by atoms with Crippen LogP contribution in [0.1, 0.15) is 19.4 Å². The summed E-state index contributed by atoms with van der Waals surface area (Å²) in [6.45, 7) is 3.87. The predicted octanol–water partition coefficient (Wildman–Crippen LogP) is 2.60. The van der Waals surface area contributed by atoms with Gasteiger partial charge in [-0.2, -0.15) is 0 Å². The number of aliphatic hydroxyl groups excluding tert-OH is 1. The van der Waals surface area contributed by atoms with E-state index < -0.39 is 0 Å². The van der Waals surface area contributed by atoms with Crippen LogP contribution in [0.4, 0.5) is 0 Å². The van der Waals surface area contributed by atoms with E-state index >= 15 is 0 Å². The Balaban J connectivity index is 2.59. The number of halogens is 1. The van der Waals surface area contributed by atoms with Gasteiger partial charge in [-0.05, 0) is 29.7 Å². The van der Waals surface area contributed by atoms with Crippen molar-refractivity contribution < 1.29 is 9.90 Å². The molecule has 1 unspecified atom stereocenters. The van der Waals surface area contributed by atoms with E-state index in [0.717, 1.165) is 10.0 Å². The van der Waals surface area contributed by atoms with Gasteiger partial charge in [-0.1, -0.05) is 41.9 Å². The van der Waals surface area contributed by atoms with E-state index in [4.69, 9.17) is 5.11 Å². The molecule has 1 aromatic carbocycles. The largest absolute Gasteiger partial charge is 0.394 e. The molecule has 0 aromatic heterocycles. The van der Waals surface area contributed by atoms with Gasteiger partial charge >= 0.3 is 0 Å². The summed E-state index contributed by atoms with van der Waals surface area (Å²) in [5.41, 5.74) is 0.949. The lowest BCUT2D eigenvalue weighted by atomic mass is 10.1. The first-order valence-corrected chi connectivity index (χ1v) is 6.67. The average Bonchev–Trinajstić information content (AvgIpc) is 2.33. The zero-order valence-electron chi connectivity index (χ0n) is 10.6. The van der Waals surface area contributed by atoms with Crippen LogP contribution in [0.2, 0.25) is 0 Å². The third-order valence-electron chi connectivity index (χ3n) is 2.60. The highest BCUT2D eigenvalue weighted by Crippen LogP contribution is 2.12. The molecule has 0 heterocycles. The number of hydrogen-bond acceptors (Lipinski definition) is 2. The third-order valence-corrected chi connectivity index (χ3v) is 3.10. The van der Waals surface area contributed by atoms with Gasteiger partial charge in [-0.25, -0.2) is 0 Å². The van der Waals surface area contributed by atoms with Crippen LogP contribution in [0.5, 0.6) is 0 Å². The molecule has 0 radical (unpaired) electrons. The zero-order chi connectivity index (χ0) is 13.5. The van der Waals surface area contributed by atoms with Crippen molar-refractivity contribution in [3.05, 3.63) is 40.4 Å². The molecule has 3 nitrogen and oxygen atoms in total. The first-order valence-electron chi connectivity index (χ1n) is 5.88. The van der Waals surface area contributed by atoms with Crippen LogP contribution < -0.4 is 5.32 Å². The molecule has 0 saturated heterocycles. The van der Waals surface area contributed by atoms with E-state index in [1.54, 1.807) is 6.08 Å². The normalized spacial score (nSPS) is 12.9. The van der Waals surface area contributed by atoms with Crippen molar-refractivity contribution in [2.24, 2.45) is 5.92 Å². The molecule has 0 spiro atoms. The fraction of sp³-hybridized carbons (Fsp3) is 0.357. The monoisotopic (exact) mass is 311 g/mol. The van der Waals surface area contributed by atoms with E-state index in [1.165, 1.54) is 6.08 Å². The predicted molar refractivity (Wildman–Crippen MR) is 77.0 cm³/mol. The Labute approximate surface area is 116 Å². The number of hydrogen-bond donors (Lipinski definition) is 2. The van der Waals surface area contributed by atoms with Crippen LogP contribution in [0.3, 0.4) is 0 Å².